The van der Waals surface area contributed by atoms with E-state index in [4.69, 9.17) is 0 Å². The Hall–Kier alpha value is -1.49. The molecule has 0 spiro atoms. The number of hydrogen-bond donors (Lipinski definition) is 1. The van der Waals surface area contributed by atoms with Gasteiger partial charge in [-0.1, -0.05) is 20.8 Å². The van der Waals surface area contributed by atoms with Gasteiger partial charge in [-0.15, -0.1) is 0 Å². The maximum atomic E-state index is 4.67. The van der Waals surface area contributed by atoms with Gasteiger partial charge in [-0.3, -0.25) is 4.98 Å². The highest BCUT2D eigenvalue weighted by atomic mass is 79.9. The van der Waals surface area contributed by atoms with Crippen LogP contribution in [0.4, 0.5) is 5.82 Å². The summed E-state index contributed by atoms with van der Waals surface area (Å²) >= 11 is 3.52. The number of anilines is 1. The lowest BCUT2D eigenvalue weighted by atomic mass is 10.1. The van der Waals surface area contributed by atoms with Crippen LogP contribution in [0.3, 0.4) is 0 Å². The van der Waals surface area contributed by atoms with Gasteiger partial charge in [0.2, 0.25) is 0 Å². The number of hydrogen-bond acceptors (Lipinski definition) is 4. The third-order valence-corrected chi connectivity index (χ3v) is 3.56. The molecule has 0 aliphatic heterocycles. The minimum Gasteiger partial charge on any atom is -0.370 e. The number of rotatable bonds is 6. The van der Waals surface area contributed by atoms with E-state index in [2.05, 4.69) is 57.0 Å². The van der Waals surface area contributed by atoms with Crippen molar-refractivity contribution in [3.05, 3.63) is 34.6 Å². The molecule has 0 aliphatic carbocycles. The van der Waals surface area contributed by atoms with Gasteiger partial charge in [0.05, 0.1) is 0 Å². The first-order valence-corrected chi connectivity index (χ1v) is 8.12. The highest BCUT2D eigenvalue weighted by molar-refractivity contribution is 9.10. The molecule has 2 aromatic heterocycles. The SMILES string of the molecule is CCCNc1cc(CC(C)C)nc(-c2ncccc2Br)n1. The predicted octanol–water partition coefficient (Wildman–Crippen LogP) is 4.32. The predicted molar refractivity (Wildman–Crippen MR) is 90.3 cm³/mol. The standard InChI is InChI=1S/C16H21BrN4/c1-4-7-18-14-10-12(9-11(2)3)20-16(21-14)15-13(17)6-5-8-19-15/h5-6,8,10-11H,4,7,9H2,1-3H3,(H,18,20,21). The molecule has 0 radical (unpaired) electrons. The minimum absolute atomic E-state index is 0.555. The molecule has 1 N–H and O–H groups in total. The van der Waals surface area contributed by atoms with Crippen molar-refractivity contribution in [1.29, 1.82) is 0 Å². The molecule has 0 aliphatic rings. The fourth-order valence-electron chi connectivity index (χ4n) is 2.02. The molecule has 2 aromatic rings. The minimum atomic E-state index is 0.555. The van der Waals surface area contributed by atoms with Gasteiger partial charge in [0, 0.05) is 29.0 Å². The van der Waals surface area contributed by atoms with Crippen molar-refractivity contribution in [3.8, 4) is 11.5 Å². The van der Waals surface area contributed by atoms with E-state index in [1.54, 1.807) is 6.20 Å². The first-order valence-electron chi connectivity index (χ1n) is 7.33. The van der Waals surface area contributed by atoms with Crippen LogP contribution in [0.2, 0.25) is 0 Å². The number of halogens is 1. The van der Waals surface area contributed by atoms with Crippen LogP contribution in [0, 0.1) is 5.92 Å². The molecule has 2 heterocycles. The molecule has 5 heteroatoms. The zero-order chi connectivity index (χ0) is 15.2. The maximum absolute atomic E-state index is 4.67. The Morgan fingerprint density at radius 3 is 2.76 bits per heavy atom. The van der Waals surface area contributed by atoms with Gasteiger partial charge in [0.25, 0.3) is 0 Å². The van der Waals surface area contributed by atoms with Gasteiger partial charge in [-0.05, 0) is 46.8 Å². The summed E-state index contributed by atoms with van der Waals surface area (Å²) in [5.74, 6) is 2.09. The van der Waals surface area contributed by atoms with Gasteiger partial charge in [-0.2, -0.15) is 0 Å². The zero-order valence-electron chi connectivity index (χ0n) is 12.7. The monoisotopic (exact) mass is 348 g/mol. The average molecular weight is 349 g/mol. The van der Waals surface area contributed by atoms with E-state index in [9.17, 15) is 0 Å². The fourth-order valence-corrected chi connectivity index (χ4v) is 2.45. The Morgan fingerprint density at radius 1 is 1.29 bits per heavy atom. The molecule has 0 saturated heterocycles. The third-order valence-electron chi connectivity index (χ3n) is 2.92. The largest absolute Gasteiger partial charge is 0.370 e. The van der Waals surface area contributed by atoms with E-state index in [0.717, 1.165) is 41.1 Å². The van der Waals surface area contributed by atoms with Crippen LogP contribution in [0.1, 0.15) is 32.9 Å². The van der Waals surface area contributed by atoms with Crippen molar-refractivity contribution < 1.29 is 0 Å². The number of aromatic nitrogens is 3. The van der Waals surface area contributed by atoms with E-state index in [-0.39, 0.29) is 0 Å². The van der Waals surface area contributed by atoms with Crippen molar-refractivity contribution >= 4 is 21.7 Å². The van der Waals surface area contributed by atoms with E-state index in [1.165, 1.54) is 0 Å². The first-order chi connectivity index (χ1) is 10.1. The molecule has 112 valence electrons. The molecule has 21 heavy (non-hydrogen) atoms. The molecule has 0 bridgehead atoms. The van der Waals surface area contributed by atoms with E-state index in [1.807, 2.05) is 18.2 Å². The normalized spacial score (nSPS) is 10.9. The summed E-state index contributed by atoms with van der Waals surface area (Å²) in [5, 5.41) is 3.34. The molecule has 0 fully saturated rings. The van der Waals surface area contributed by atoms with Crippen molar-refractivity contribution in [2.75, 3.05) is 11.9 Å². The second-order valence-corrected chi connectivity index (χ2v) is 6.28. The van der Waals surface area contributed by atoms with Crippen molar-refractivity contribution in [2.45, 2.75) is 33.6 Å². The van der Waals surface area contributed by atoms with Gasteiger partial charge in [0.1, 0.15) is 11.5 Å². The van der Waals surface area contributed by atoms with Crippen LogP contribution in [-0.2, 0) is 6.42 Å². The molecule has 0 amide bonds. The lowest BCUT2D eigenvalue weighted by Crippen LogP contribution is -2.07. The number of nitrogens with one attached hydrogen (secondary N) is 1. The van der Waals surface area contributed by atoms with Crippen molar-refractivity contribution in [1.82, 2.24) is 15.0 Å². The Balaban J connectivity index is 2.41. The second kappa shape index (κ2) is 7.50. The molecular formula is C16H21BrN4. The van der Waals surface area contributed by atoms with Gasteiger partial charge >= 0.3 is 0 Å². The second-order valence-electron chi connectivity index (χ2n) is 5.43. The molecule has 2 rings (SSSR count). The van der Waals surface area contributed by atoms with E-state index >= 15 is 0 Å². The average Bonchev–Trinajstić information content (AvgIpc) is 2.44. The fraction of sp³-hybridized carbons (Fsp3) is 0.438. The Kier molecular flexibility index (Phi) is 5.67. The van der Waals surface area contributed by atoms with E-state index in [0.29, 0.717) is 11.7 Å². The van der Waals surface area contributed by atoms with Crippen LogP contribution in [0.15, 0.2) is 28.9 Å². The van der Waals surface area contributed by atoms with Gasteiger partial charge in [0.15, 0.2) is 5.82 Å². The number of pyridine rings is 1. The molecule has 0 aromatic carbocycles. The van der Waals surface area contributed by atoms with Gasteiger partial charge < -0.3 is 5.32 Å². The smallest absolute Gasteiger partial charge is 0.181 e. The van der Waals surface area contributed by atoms with Crippen LogP contribution in [-0.4, -0.2) is 21.5 Å². The van der Waals surface area contributed by atoms with Crippen LogP contribution >= 0.6 is 15.9 Å². The summed E-state index contributed by atoms with van der Waals surface area (Å²) in [5.41, 5.74) is 1.83. The molecule has 0 atom stereocenters. The molecular weight excluding hydrogens is 328 g/mol. The maximum Gasteiger partial charge on any atom is 0.181 e. The quantitative estimate of drug-likeness (QED) is 0.844. The van der Waals surface area contributed by atoms with Gasteiger partial charge in [-0.25, -0.2) is 9.97 Å². The Bertz CT molecular complexity index is 599. The van der Waals surface area contributed by atoms with Crippen LogP contribution in [0.25, 0.3) is 11.5 Å². The van der Waals surface area contributed by atoms with Crippen LogP contribution < -0.4 is 5.32 Å². The number of nitrogens with zero attached hydrogens (tertiary/aromatic N) is 3. The van der Waals surface area contributed by atoms with Crippen LogP contribution in [0.5, 0.6) is 0 Å². The van der Waals surface area contributed by atoms with Crippen molar-refractivity contribution in [3.63, 3.8) is 0 Å². The lowest BCUT2D eigenvalue weighted by molar-refractivity contribution is 0.634. The molecule has 4 nitrogen and oxygen atoms in total. The van der Waals surface area contributed by atoms with Crippen molar-refractivity contribution in [2.24, 2.45) is 5.92 Å². The lowest BCUT2D eigenvalue weighted by Gasteiger charge is -2.11. The highest BCUT2D eigenvalue weighted by Gasteiger charge is 2.11. The summed E-state index contributed by atoms with van der Waals surface area (Å²) in [6.45, 7) is 7.43. The highest BCUT2D eigenvalue weighted by Crippen LogP contribution is 2.24. The topological polar surface area (TPSA) is 50.7 Å². The summed E-state index contributed by atoms with van der Waals surface area (Å²) in [4.78, 5) is 13.7. The summed E-state index contributed by atoms with van der Waals surface area (Å²) < 4.78 is 0.910. The first kappa shape index (κ1) is 15.9. The molecule has 0 saturated carbocycles. The summed E-state index contributed by atoms with van der Waals surface area (Å²) in [7, 11) is 0. The zero-order valence-corrected chi connectivity index (χ0v) is 14.3. The molecule has 0 unspecified atom stereocenters. The third kappa shape index (κ3) is 4.49. The summed E-state index contributed by atoms with van der Waals surface area (Å²) in [6, 6.07) is 5.89. The van der Waals surface area contributed by atoms with E-state index < -0.39 is 0 Å². The summed E-state index contributed by atoms with van der Waals surface area (Å²) in [6.07, 6.45) is 3.75. The Labute approximate surface area is 134 Å². The Morgan fingerprint density at radius 2 is 2.10 bits per heavy atom.